The van der Waals surface area contributed by atoms with E-state index in [0.29, 0.717) is 5.02 Å². The van der Waals surface area contributed by atoms with Gasteiger partial charge in [0.15, 0.2) is 5.78 Å². The lowest BCUT2D eigenvalue weighted by atomic mass is 10.1. The van der Waals surface area contributed by atoms with E-state index in [2.05, 4.69) is 26.0 Å². The summed E-state index contributed by atoms with van der Waals surface area (Å²) in [5, 5.41) is 4.90. The predicted molar refractivity (Wildman–Crippen MR) is 77.9 cm³/mol. The van der Waals surface area contributed by atoms with Crippen LogP contribution in [0.15, 0.2) is 16.7 Å². The van der Waals surface area contributed by atoms with Gasteiger partial charge in [-0.1, -0.05) is 23.2 Å². The van der Waals surface area contributed by atoms with Crippen molar-refractivity contribution in [3.63, 3.8) is 0 Å². The fourth-order valence-electron chi connectivity index (χ4n) is 1.73. The molecule has 2 heterocycles. The van der Waals surface area contributed by atoms with Gasteiger partial charge in [0.05, 0.1) is 32.3 Å². The van der Waals surface area contributed by atoms with Crippen LogP contribution in [0.5, 0.6) is 0 Å². The Bertz CT molecular complexity index is 655. The normalized spacial score (nSPS) is 10.8. The van der Waals surface area contributed by atoms with Crippen LogP contribution in [0, 0.1) is 6.92 Å². The highest BCUT2D eigenvalue weighted by atomic mass is 79.9. The Balaban J connectivity index is 2.31. The van der Waals surface area contributed by atoms with Crippen molar-refractivity contribution in [1.82, 2.24) is 14.8 Å². The number of nitrogens with zero attached hydrogens (tertiary/aromatic N) is 3. The lowest BCUT2D eigenvalue weighted by molar-refractivity contribution is 0.0986. The Morgan fingerprint density at radius 1 is 1.47 bits per heavy atom. The first kappa shape index (κ1) is 14.5. The molecular weight excluding hydrogens is 353 g/mol. The summed E-state index contributed by atoms with van der Waals surface area (Å²) in [6, 6.07) is 1.51. The summed E-state index contributed by atoms with van der Waals surface area (Å²) >= 11 is 15.2. The molecule has 0 saturated carbocycles. The second-order valence-electron chi connectivity index (χ2n) is 4.05. The molecule has 0 N–H and O–H groups in total. The van der Waals surface area contributed by atoms with E-state index in [-0.39, 0.29) is 22.9 Å². The Labute approximate surface area is 128 Å². The third kappa shape index (κ3) is 2.99. The van der Waals surface area contributed by atoms with Gasteiger partial charge in [-0.2, -0.15) is 5.10 Å². The minimum atomic E-state index is -0.176. The van der Waals surface area contributed by atoms with Gasteiger partial charge in [-0.05, 0) is 28.9 Å². The number of pyridine rings is 1. The summed E-state index contributed by atoms with van der Waals surface area (Å²) in [6.07, 6.45) is 1.58. The number of halogens is 3. The Morgan fingerprint density at radius 2 is 2.16 bits per heavy atom. The molecule has 0 amide bonds. The number of hydrogen-bond donors (Lipinski definition) is 0. The average Bonchev–Trinajstić information content (AvgIpc) is 2.56. The van der Waals surface area contributed by atoms with Crippen molar-refractivity contribution in [2.24, 2.45) is 7.05 Å². The molecule has 0 radical (unpaired) electrons. The number of hydrogen-bond acceptors (Lipinski definition) is 3. The zero-order chi connectivity index (χ0) is 14.2. The molecular formula is C12H10BrCl2N3O. The number of ketones is 1. The molecule has 0 aliphatic carbocycles. The van der Waals surface area contributed by atoms with Gasteiger partial charge in [0, 0.05) is 13.2 Å². The molecule has 0 aromatic carbocycles. The highest BCUT2D eigenvalue weighted by Gasteiger charge is 2.18. The van der Waals surface area contributed by atoms with Crippen LogP contribution < -0.4 is 0 Å². The van der Waals surface area contributed by atoms with E-state index in [0.717, 1.165) is 15.9 Å². The zero-order valence-electron chi connectivity index (χ0n) is 10.2. The summed E-state index contributed by atoms with van der Waals surface area (Å²) in [5.74, 6) is -0.176. The van der Waals surface area contributed by atoms with Crippen LogP contribution in [0.4, 0.5) is 0 Å². The third-order valence-electron chi connectivity index (χ3n) is 2.66. The number of carbonyl (C=O) groups is 1. The summed E-state index contributed by atoms with van der Waals surface area (Å²) in [4.78, 5) is 16.2. The van der Waals surface area contributed by atoms with Crippen LogP contribution >= 0.6 is 39.1 Å². The second-order valence-corrected chi connectivity index (χ2v) is 5.69. The minimum absolute atomic E-state index is 0.173. The van der Waals surface area contributed by atoms with Crippen molar-refractivity contribution in [2.75, 3.05) is 0 Å². The first-order valence-electron chi connectivity index (χ1n) is 5.42. The number of aryl methyl sites for hydroxylation is 2. The van der Waals surface area contributed by atoms with Crippen molar-refractivity contribution >= 4 is 44.9 Å². The maximum atomic E-state index is 12.2. The smallest absolute Gasteiger partial charge is 0.188 e. The molecule has 0 saturated heterocycles. The van der Waals surface area contributed by atoms with Crippen molar-refractivity contribution < 1.29 is 4.79 Å². The van der Waals surface area contributed by atoms with Gasteiger partial charge in [-0.3, -0.25) is 9.48 Å². The Kier molecular flexibility index (Phi) is 4.28. The quantitative estimate of drug-likeness (QED) is 0.783. The molecule has 2 aromatic heterocycles. The molecule has 2 aromatic rings. The molecule has 0 aliphatic rings. The lowest BCUT2D eigenvalue weighted by Gasteiger charge is -2.04. The van der Waals surface area contributed by atoms with Crippen LogP contribution in [0.2, 0.25) is 10.0 Å². The van der Waals surface area contributed by atoms with Crippen molar-refractivity contribution in [2.45, 2.75) is 13.3 Å². The monoisotopic (exact) mass is 361 g/mol. The highest BCUT2D eigenvalue weighted by molar-refractivity contribution is 9.10. The van der Waals surface area contributed by atoms with E-state index in [9.17, 15) is 4.79 Å². The fourth-order valence-corrected chi connectivity index (χ4v) is 2.69. The van der Waals surface area contributed by atoms with Gasteiger partial charge in [-0.15, -0.1) is 0 Å². The second kappa shape index (κ2) is 5.61. The number of carbonyl (C=O) groups excluding carboxylic acids is 1. The summed E-state index contributed by atoms with van der Waals surface area (Å²) < 4.78 is 2.50. The maximum Gasteiger partial charge on any atom is 0.188 e. The Hall–Kier alpha value is -0.910. The minimum Gasteiger partial charge on any atom is -0.292 e. The van der Waals surface area contributed by atoms with Gasteiger partial charge >= 0.3 is 0 Å². The number of rotatable bonds is 3. The van der Waals surface area contributed by atoms with Gasteiger partial charge < -0.3 is 0 Å². The lowest BCUT2D eigenvalue weighted by Crippen LogP contribution is -2.10. The van der Waals surface area contributed by atoms with E-state index in [4.69, 9.17) is 23.2 Å². The first-order valence-corrected chi connectivity index (χ1v) is 6.97. The highest BCUT2D eigenvalue weighted by Crippen LogP contribution is 2.24. The summed E-state index contributed by atoms with van der Waals surface area (Å²) in [7, 11) is 1.79. The van der Waals surface area contributed by atoms with Crippen LogP contribution in [0.1, 0.15) is 21.9 Å². The number of Topliss-reactive ketones (excluding diaryl/α,β-unsaturated/α-hetero) is 1. The molecule has 2 rings (SSSR count). The van der Waals surface area contributed by atoms with E-state index in [1.807, 2.05) is 6.92 Å². The van der Waals surface area contributed by atoms with Crippen LogP contribution in [0.3, 0.4) is 0 Å². The molecule has 7 heteroatoms. The molecule has 0 aliphatic heterocycles. The van der Waals surface area contributed by atoms with Gasteiger partial charge in [0.1, 0.15) is 5.69 Å². The van der Waals surface area contributed by atoms with E-state index < -0.39 is 0 Å². The SMILES string of the molecule is Cc1nn(C)c(CC(=O)c2ncc(Cl)cc2Cl)c1Br. The first-order chi connectivity index (χ1) is 8.90. The van der Waals surface area contributed by atoms with Crippen molar-refractivity contribution in [3.8, 4) is 0 Å². The third-order valence-corrected chi connectivity index (χ3v) is 4.19. The average molecular weight is 363 g/mol. The van der Waals surface area contributed by atoms with Crippen LogP contribution in [0.25, 0.3) is 0 Å². The number of aromatic nitrogens is 3. The van der Waals surface area contributed by atoms with Crippen LogP contribution in [-0.2, 0) is 13.5 Å². The molecule has 100 valence electrons. The van der Waals surface area contributed by atoms with Gasteiger partial charge in [-0.25, -0.2) is 4.98 Å². The zero-order valence-corrected chi connectivity index (χ0v) is 13.3. The molecule has 4 nitrogen and oxygen atoms in total. The fraction of sp³-hybridized carbons (Fsp3) is 0.250. The van der Waals surface area contributed by atoms with E-state index in [1.165, 1.54) is 12.3 Å². The van der Waals surface area contributed by atoms with E-state index in [1.54, 1.807) is 11.7 Å². The molecule has 0 spiro atoms. The molecule has 19 heavy (non-hydrogen) atoms. The molecule has 0 atom stereocenters. The van der Waals surface area contributed by atoms with E-state index >= 15 is 0 Å². The Morgan fingerprint density at radius 3 is 2.68 bits per heavy atom. The molecule has 0 bridgehead atoms. The van der Waals surface area contributed by atoms with Crippen molar-refractivity contribution in [3.05, 3.63) is 43.9 Å². The molecule has 0 fully saturated rings. The predicted octanol–water partition coefficient (Wildman–Crippen LogP) is 3.62. The van der Waals surface area contributed by atoms with Crippen molar-refractivity contribution in [1.29, 1.82) is 0 Å². The topological polar surface area (TPSA) is 47.8 Å². The largest absolute Gasteiger partial charge is 0.292 e. The standard InChI is InChI=1S/C12H10BrCl2N3O/c1-6-11(13)9(18(2)17-6)4-10(19)12-8(15)3-7(14)5-16-12/h3,5H,4H2,1-2H3. The summed E-state index contributed by atoms with van der Waals surface area (Å²) in [5.41, 5.74) is 1.84. The van der Waals surface area contributed by atoms with Crippen LogP contribution in [-0.4, -0.2) is 20.5 Å². The molecule has 0 unspecified atom stereocenters. The maximum absolute atomic E-state index is 12.2. The van der Waals surface area contributed by atoms with Gasteiger partial charge in [0.2, 0.25) is 0 Å². The summed E-state index contributed by atoms with van der Waals surface area (Å²) in [6.45, 7) is 1.87. The van der Waals surface area contributed by atoms with Gasteiger partial charge in [0.25, 0.3) is 0 Å².